The summed E-state index contributed by atoms with van der Waals surface area (Å²) in [6.07, 6.45) is 1.09. The highest BCUT2D eigenvalue weighted by Crippen LogP contribution is 2.28. The minimum Gasteiger partial charge on any atom is -0.315 e. The minimum absolute atomic E-state index is 0. The van der Waals surface area contributed by atoms with Gasteiger partial charge in [-0.2, -0.15) is 4.31 Å². The van der Waals surface area contributed by atoms with E-state index in [4.69, 9.17) is 0 Å². The number of nitro benzene ring substituents is 1. The van der Waals surface area contributed by atoms with Gasteiger partial charge in [0, 0.05) is 50.9 Å². The van der Waals surface area contributed by atoms with E-state index in [9.17, 15) is 18.5 Å². The van der Waals surface area contributed by atoms with Gasteiger partial charge in [-0.1, -0.05) is 0 Å². The Balaban J connectivity index is 0.00000243. The number of sulfonamides is 1. The molecule has 0 aliphatic carbocycles. The van der Waals surface area contributed by atoms with Gasteiger partial charge >= 0.3 is 0 Å². The number of nitrogens with zero attached hydrogens (tertiary/aromatic N) is 3. The topological polar surface area (TPSA) is 95.8 Å². The molecule has 0 bridgehead atoms. The monoisotopic (exact) mass is 404 g/mol. The van der Waals surface area contributed by atoms with Crippen LogP contribution in [0.5, 0.6) is 0 Å². The zero-order valence-corrected chi connectivity index (χ0v) is 16.6. The number of hydrogen-bond donors (Lipinski definition) is 1. The predicted octanol–water partition coefficient (Wildman–Crippen LogP) is 1.30. The summed E-state index contributed by atoms with van der Waals surface area (Å²) in [4.78, 5) is 12.9. The van der Waals surface area contributed by atoms with E-state index < -0.39 is 14.9 Å². The van der Waals surface area contributed by atoms with Crippen molar-refractivity contribution < 1.29 is 13.3 Å². The first kappa shape index (κ1) is 21.0. The van der Waals surface area contributed by atoms with E-state index in [1.807, 2.05) is 0 Å². The van der Waals surface area contributed by atoms with Crippen molar-refractivity contribution in [2.45, 2.75) is 31.2 Å². The Morgan fingerprint density at radius 1 is 1.19 bits per heavy atom. The fraction of sp³-hybridized carbons (Fsp3) is 0.625. The zero-order valence-electron chi connectivity index (χ0n) is 15.0. The molecule has 0 amide bonds. The van der Waals surface area contributed by atoms with Crippen molar-refractivity contribution in [1.82, 2.24) is 14.5 Å². The maximum absolute atomic E-state index is 13.0. The van der Waals surface area contributed by atoms with Gasteiger partial charge in [-0.05, 0) is 37.9 Å². The van der Waals surface area contributed by atoms with Gasteiger partial charge in [0.05, 0.1) is 9.82 Å². The Hall–Kier alpha value is -1.26. The maximum Gasteiger partial charge on any atom is 0.271 e. The first-order valence-corrected chi connectivity index (χ1v) is 9.95. The lowest BCUT2D eigenvalue weighted by atomic mass is 10.1. The van der Waals surface area contributed by atoms with Crippen LogP contribution in [0.3, 0.4) is 0 Å². The van der Waals surface area contributed by atoms with Crippen LogP contribution in [0.15, 0.2) is 17.0 Å². The van der Waals surface area contributed by atoms with E-state index in [2.05, 4.69) is 10.2 Å². The van der Waals surface area contributed by atoms with E-state index in [1.54, 1.807) is 13.8 Å². The normalized spacial score (nSPS) is 22.2. The SMILES string of the molecule is Cc1cc([N+](=O)[O-])cc(S(=O)(=O)N2CCN(C3CCNC3)CC2)c1C.Cl. The molecule has 2 fully saturated rings. The predicted molar refractivity (Wildman–Crippen MR) is 101 cm³/mol. The Bertz CT molecular complexity index is 773. The molecule has 1 atom stereocenters. The van der Waals surface area contributed by atoms with E-state index in [1.165, 1.54) is 16.4 Å². The molecule has 146 valence electrons. The molecule has 2 aliphatic heterocycles. The molecular weight excluding hydrogens is 380 g/mol. The molecule has 2 aliphatic rings. The molecule has 1 unspecified atom stereocenters. The number of aryl methyl sites for hydroxylation is 1. The quantitative estimate of drug-likeness (QED) is 0.600. The Morgan fingerprint density at radius 2 is 1.85 bits per heavy atom. The standard InChI is InChI=1S/C16H24N4O4S.ClH/c1-12-9-15(20(21)22)10-16(13(12)2)25(23,24)19-7-5-18(6-8-19)14-3-4-17-11-14;/h9-10,14,17H,3-8,11H2,1-2H3;1H. The van der Waals surface area contributed by atoms with Crippen molar-refractivity contribution in [2.24, 2.45) is 0 Å². The van der Waals surface area contributed by atoms with E-state index in [0.717, 1.165) is 19.5 Å². The Morgan fingerprint density at radius 3 is 2.38 bits per heavy atom. The number of non-ortho nitro benzene ring substituents is 1. The second kappa shape index (κ2) is 8.18. The van der Waals surface area contributed by atoms with Gasteiger partial charge in [0.2, 0.25) is 10.0 Å². The third kappa shape index (κ3) is 4.01. The summed E-state index contributed by atoms with van der Waals surface area (Å²) in [5, 5.41) is 14.4. The molecule has 8 nitrogen and oxygen atoms in total. The molecule has 3 rings (SSSR count). The molecule has 26 heavy (non-hydrogen) atoms. The number of halogens is 1. The molecule has 0 aromatic heterocycles. The fourth-order valence-electron chi connectivity index (χ4n) is 3.58. The molecule has 1 aromatic carbocycles. The van der Waals surface area contributed by atoms with Crippen molar-refractivity contribution in [1.29, 1.82) is 0 Å². The summed E-state index contributed by atoms with van der Waals surface area (Å²) in [6, 6.07) is 3.08. The van der Waals surface area contributed by atoms with Gasteiger partial charge in [0.1, 0.15) is 0 Å². The van der Waals surface area contributed by atoms with Crippen molar-refractivity contribution >= 4 is 28.1 Å². The average molecular weight is 405 g/mol. The number of hydrogen-bond acceptors (Lipinski definition) is 6. The van der Waals surface area contributed by atoms with Crippen LogP contribution in [0.4, 0.5) is 5.69 Å². The number of rotatable bonds is 4. The maximum atomic E-state index is 13.0. The smallest absolute Gasteiger partial charge is 0.271 e. The number of nitro groups is 1. The lowest BCUT2D eigenvalue weighted by molar-refractivity contribution is -0.385. The highest BCUT2D eigenvalue weighted by molar-refractivity contribution is 7.89. The van der Waals surface area contributed by atoms with Crippen molar-refractivity contribution in [3.63, 3.8) is 0 Å². The van der Waals surface area contributed by atoms with Crippen LogP contribution in [0, 0.1) is 24.0 Å². The second-order valence-electron chi connectivity index (χ2n) is 6.73. The summed E-state index contributed by atoms with van der Waals surface area (Å²) >= 11 is 0. The van der Waals surface area contributed by atoms with E-state index in [0.29, 0.717) is 43.3 Å². The third-order valence-electron chi connectivity index (χ3n) is 5.26. The summed E-state index contributed by atoms with van der Waals surface area (Å²) < 4.78 is 27.5. The second-order valence-corrected chi connectivity index (χ2v) is 8.64. The molecular formula is C16H25ClN4O4S. The van der Waals surface area contributed by atoms with Crippen molar-refractivity contribution in [3.05, 3.63) is 33.4 Å². The Labute approximate surface area is 160 Å². The van der Waals surface area contributed by atoms with Crippen LogP contribution in [-0.2, 0) is 10.0 Å². The van der Waals surface area contributed by atoms with Gasteiger partial charge in [-0.15, -0.1) is 12.4 Å². The van der Waals surface area contributed by atoms with Gasteiger partial charge in [0.25, 0.3) is 5.69 Å². The van der Waals surface area contributed by atoms with Crippen LogP contribution >= 0.6 is 12.4 Å². The van der Waals surface area contributed by atoms with Gasteiger partial charge in [0.15, 0.2) is 0 Å². The highest BCUT2D eigenvalue weighted by atomic mass is 35.5. The van der Waals surface area contributed by atoms with Crippen LogP contribution in [0.1, 0.15) is 17.5 Å². The number of piperazine rings is 1. The first-order chi connectivity index (χ1) is 11.8. The molecule has 0 radical (unpaired) electrons. The zero-order chi connectivity index (χ0) is 18.2. The molecule has 0 saturated carbocycles. The van der Waals surface area contributed by atoms with Crippen molar-refractivity contribution in [2.75, 3.05) is 39.3 Å². The summed E-state index contributed by atoms with van der Waals surface area (Å²) in [7, 11) is -3.73. The van der Waals surface area contributed by atoms with Gasteiger partial charge in [-0.25, -0.2) is 8.42 Å². The fourth-order valence-corrected chi connectivity index (χ4v) is 5.32. The largest absolute Gasteiger partial charge is 0.315 e. The molecule has 2 saturated heterocycles. The number of nitrogens with one attached hydrogen (secondary N) is 1. The summed E-state index contributed by atoms with van der Waals surface area (Å²) in [5.41, 5.74) is 1.01. The minimum atomic E-state index is -3.73. The summed E-state index contributed by atoms with van der Waals surface area (Å²) in [5.74, 6) is 0. The van der Waals surface area contributed by atoms with Gasteiger partial charge < -0.3 is 5.32 Å². The lowest BCUT2D eigenvalue weighted by Crippen LogP contribution is -2.52. The first-order valence-electron chi connectivity index (χ1n) is 8.51. The van der Waals surface area contributed by atoms with Gasteiger partial charge in [-0.3, -0.25) is 15.0 Å². The average Bonchev–Trinajstić information content (AvgIpc) is 3.11. The van der Waals surface area contributed by atoms with Crippen LogP contribution in [0.2, 0.25) is 0 Å². The van der Waals surface area contributed by atoms with E-state index >= 15 is 0 Å². The van der Waals surface area contributed by atoms with Crippen LogP contribution < -0.4 is 5.32 Å². The van der Waals surface area contributed by atoms with E-state index in [-0.39, 0.29) is 23.0 Å². The van der Waals surface area contributed by atoms with Crippen LogP contribution in [0.25, 0.3) is 0 Å². The Kier molecular flexibility index (Phi) is 6.62. The molecule has 0 spiro atoms. The lowest BCUT2D eigenvalue weighted by Gasteiger charge is -2.37. The van der Waals surface area contributed by atoms with Crippen molar-refractivity contribution in [3.8, 4) is 0 Å². The molecule has 10 heteroatoms. The molecule has 2 heterocycles. The van der Waals surface area contributed by atoms with Crippen LogP contribution in [-0.4, -0.2) is 67.9 Å². The highest BCUT2D eigenvalue weighted by Gasteiger charge is 2.33. The third-order valence-corrected chi connectivity index (χ3v) is 7.28. The molecule has 1 aromatic rings. The number of benzene rings is 1. The molecule has 1 N–H and O–H groups in total. The summed E-state index contributed by atoms with van der Waals surface area (Å²) in [6.45, 7) is 7.58.